The maximum atomic E-state index is 12.9. The second-order valence-corrected chi connectivity index (χ2v) is 6.90. The SMILES string of the molecule is CCOc1cc(C)cc(S(=O)(=O)c2cccc(C)c2C#N)c1. The molecular formula is C17H17NO3S. The van der Waals surface area contributed by atoms with Gasteiger partial charge >= 0.3 is 0 Å². The van der Waals surface area contributed by atoms with E-state index in [-0.39, 0.29) is 15.4 Å². The van der Waals surface area contributed by atoms with E-state index >= 15 is 0 Å². The molecule has 0 heterocycles. The van der Waals surface area contributed by atoms with E-state index in [1.807, 2.05) is 19.9 Å². The smallest absolute Gasteiger partial charge is 0.208 e. The summed E-state index contributed by atoms with van der Waals surface area (Å²) in [4.78, 5) is 0.168. The summed E-state index contributed by atoms with van der Waals surface area (Å²) in [7, 11) is -3.77. The van der Waals surface area contributed by atoms with E-state index in [0.29, 0.717) is 17.9 Å². The topological polar surface area (TPSA) is 67.2 Å². The predicted octanol–water partition coefficient (Wildman–Crippen LogP) is 3.41. The van der Waals surface area contributed by atoms with Gasteiger partial charge in [-0.2, -0.15) is 5.26 Å². The molecule has 114 valence electrons. The summed E-state index contributed by atoms with van der Waals surface area (Å²) in [5.74, 6) is 0.507. The zero-order valence-electron chi connectivity index (χ0n) is 12.8. The highest BCUT2D eigenvalue weighted by atomic mass is 32.2. The summed E-state index contributed by atoms with van der Waals surface area (Å²) in [5, 5.41) is 9.26. The van der Waals surface area contributed by atoms with Crippen molar-refractivity contribution in [1.29, 1.82) is 5.26 Å². The van der Waals surface area contributed by atoms with Gasteiger partial charge in [-0.3, -0.25) is 0 Å². The van der Waals surface area contributed by atoms with Gasteiger partial charge in [0.1, 0.15) is 11.8 Å². The molecule has 0 atom stereocenters. The summed E-state index contributed by atoms with van der Waals surface area (Å²) in [6.07, 6.45) is 0. The average Bonchev–Trinajstić information content (AvgIpc) is 2.46. The van der Waals surface area contributed by atoms with Crippen LogP contribution in [-0.4, -0.2) is 15.0 Å². The first-order valence-electron chi connectivity index (χ1n) is 6.89. The maximum Gasteiger partial charge on any atom is 0.208 e. The lowest BCUT2D eigenvalue weighted by Gasteiger charge is -2.11. The molecule has 0 N–H and O–H groups in total. The van der Waals surface area contributed by atoms with E-state index in [4.69, 9.17) is 4.74 Å². The molecule has 0 saturated heterocycles. The molecular weight excluding hydrogens is 298 g/mol. The van der Waals surface area contributed by atoms with Crippen molar-refractivity contribution in [2.24, 2.45) is 0 Å². The average molecular weight is 315 g/mol. The summed E-state index contributed by atoms with van der Waals surface area (Å²) < 4.78 is 31.1. The Hall–Kier alpha value is -2.32. The number of nitriles is 1. The molecule has 22 heavy (non-hydrogen) atoms. The van der Waals surface area contributed by atoms with Gasteiger partial charge in [0, 0.05) is 0 Å². The van der Waals surface area contributed by atoms with Crippen LogP contribution in [0.1, 0.15) is 23.6 Å². The van der Waals surface area contributed by atoms with E-state index in [1.54, 1.807) is 31.2 Å². The van der Waals surface area contributed by atoms with E-state index in [0.717, 1.165) is 5.56 Å². The highest BCUT2D eigenvalue weighted by Crippen LogP contribution is 2.29. The Morgan fingerprint density at radius 3 is 2.55 bits per heavy atom. The van der Waals surface area contributed by atoms with Crippen molar-refractivity contribution in [3.8, 4) is 11.8 Å². The second-order valence-electron chi connectivity index (χ2n) is 4.98. The lowest BCUT2D eigenvalue weighted by atomic mass is 10.1. The molecule has 0 radical (unpaired) electrons. The van der Waals surface area contributed by atoms with Crippen LogP contribution in [0.4, 0.5) is 0 Å². The number of ether oxygens (including phenoxy) is 1. The van der Waals surface area contributed by atoms with Crippen LogP contribution in [0.3, 0.4) is 0 Å². The molecule has 0 spiro atoms. The molecule has 0 aromatic heterocycles. The summed E-state index contributed by atoms with van der Waals surface area (Å²) in [5.41, 5.74) is 1.61. The standard InChI is InChI=1S/C17H17NO3S/c1-4-21-14-8-12(2)9-15(10-14)22(19,20)17-7-5-6-13(3)16(17)11-18/h5-10H,4H2,1-3H3. The quantitative estimate of drug-likeness (QED) is 0.867. The molecule has 4 nitrogen and oxygen atoms in total. The van der Waals surface area contributed by atoms with Crippen LogP contribution >= 0.6 is 0 Å². The lowest BCUT2D eigenvalue weighted by molar-refractivity contribution is 0.339. The van der Waals surface area contributed by atoms with Gasteiger partial charge in [-0.05, 0) is 56.2 Å². The third kappa shape index (κ3) is 2.97. The molecule has 0 amide bonds. The summed E-state index contributed by atoms with van der Waals surface area (Å²) in [6.45, 7) is 5.82. The molecule has 0 fully saturated rings. The fourth-order valence-electron chi connectivity index (χ4n) is 2.25. The van der Waals surface area contributed by atoms with Crippen molar-refractivity contribution < 1.29 is 13.2 Å². The first kappa shape index (κ1) is 16.1. The third-order valence-electron chi connectivity index (χ3n) is 3.28. The van der Waals surface area contributed by atoms with Crippen LogP contribution in [0, 0.1) is 25.2 Å². The number of hydrogen-bond acceptors (Lipinski definition) is 4. The van der Waals surface area contributed by atoms with Crippen LogP contribution < -0.4 is 4.74 Å². The lowest BCUT2D eigenvalue weighted by Crippen LogP contribution is -2.06. The molecule has 0 bridgehead atoms. The van der Waals surface area contributed by atoms with Gasteiger partial charge in [-0.1, -0.05) is 12.1 Å². The van der Waals surface area contributed by atoms with Gasteiger partial charge in [0.2, 0.25) is 9.84 Å². The van der Waals surface area contributed by atoms with Gasteiger partial charge in [0.15, 0.2) is 0 Å². The van der Waals surface area contributed by atoms with E-state index in [9.17, 15) is 13.7 Å². The fraction of sp³-hybridized carbons (Fsp3) is 0.235. The van der Waals surface area contributed by atoms with Crippen molar-refractivity contribution >= 4 is 9.84 Å². The molecule has 2 rings (SSSR count). The van der Waals surface area contributed by atoms with Gasteiger partial charge in [-0.15, -0.1) is 0 Å². The number of nitrogens with zero attached hydrogens (tertiary/aromatic N) is 1. The molecule has 0 saturated carbocycles. The minimum absolute atomic E-state index is 0.0306. The van der Waals surface area contributed by atoms with Crippen molar-refractivity contribution in [1.82, 2.24) is 0 Å². The zero-order chi connectivity index (χ0) is 16.3. The first-order valence-corrected chi connectivity index (χ1v) is 8.37. The van der Waals surface area contributed by atoms with Crippen LogP contribution in [0.2, 0.25) is 0 Å². The van der Waals surface area contributed by atoms with Crippen molar-refractivity contribution in [3.63, 3.8) is 0 Å². The van der Waals surface area contributed by atoms with Crippen LogP contribution in [0.5, 0.6) is 5.75 Å². The van der Waals surface area contributed by atoms with Gasteiger partial charge in [0.25, 0.3) is 0 Å². The number of rotatable bonds is 4. The minimum Gasteiger partial charge on any atom is -0.494 e. The highest BCUT2D eigenvalue weighted by Gasteiger charge is 2.23. The Labute approximate surface area is 130 Å². The molecule has 0 aliphatic heterocycles. The van der Waals surface area contributed by atoms with E-state index in [2.05, 4.69) is 0 Å². The van der Waals surface area contributed by atoms with Gasteiger partial charge in [-0.25, -0.2) is 8.42 Å². The second kappa shape index (κ2) is 6.20. The minimum atomic E-state index is -3.77. The Kier molecular flexibility index (Phi) is 4.53. The molecule has 2 aromatic rings. The van der Waals surface area contributed by atoms with E-state index in [1.165, 1.54) is 12.1 Å². The van der Waals surface area contributed by atoms with Gasteiger partial charge in [0.05, 0.1) is 22.0 Å². The van der Waals surface area contributed by atoms with Crippen LogP contribution in [0.15, 0.2) is 46.2 Å². The molecule has 0 aliphatic rings. The van der Waals surface area contributed by atoms with Crippen molar-refractivity contribution in [3.05, 3.63) is 53.1 Å². The zero-order valence-corrected chi connectivity index (χ0v) is 13.6. The van der Waals surface area contributed by atoms with Crippen molar-refractivity contribution in [2.45, 2.75) is 30.6 Å². The van der Waals surface area contributed by atoms with Crippen LogP contribution in [-0.2, 0) is 9.84 Å². The third-order valence-corrected chi connectivity index (χ3v) is 5.06. The molecule has 0 aliphatic carbocycles. The fourth-order valence-corrected chi connectivity index (χ4v) is 3.85. The first-order chi connectivity index (χ1) is 10.4. The summed E-state index contributed by atoms with van der Waals surface area (Å²) in [6, 6.07) is 11.7. The number of hydrogen-bond donors (Lipinski definition) is 0. The monoisotopic (exact) mass is 315 g/mol. The van der Waals surface area contributed by atoms with Crippen molar-refractivity contribution in [2.75, 3.05) is 6.61 Å². The largest absolute Gasteiger partial charge is 0.494 e. The Morgan fingerprint density at radius 1 is 1.18 bits per heavy atom. The normalized spacial score (nSPS) is 11.0. The highest BCUT2D eigenvalue weighted by molar-refractivity contribution is 7.91. The predicted molar refractivity (Wildman–Crippen MR) is 83.7 cm³/mol. The maximum absolute atomic E-state index is 12.9. The Morgan fingerprint density at radius 2 is 1.91 bits per heavy atom. The summed E-state index contributed by atoms with van der Waals surface area (Å²) >= 11 is 0. The van der Waals surface area contributed by atoms with Crippen LogP contribution in [0.25, 0.3) is 0 Å². The molecule has 0 unspecified atom stereocenters. The van der Waals surface area contributed by atoms with E-state index < -0.39 is 9.84 Å². The molecule has 2 aromatic carbocycles. The Balaban J connectivity index is 2.67. The Bertz CT molecular complexity index is 849. The number of aryl methyl sites for hydroxylation is 2. The van der Waals surface area contributed by atoms with Gasteiger partial charge < -0.3 is 4.74 Å². The number of sulfone groups is 1. The number of benzene rings is 2. The molecule has 5 heteroatoms.